The molecule has 1 amide bonds. The molecule has 0 saturated carbocycles. The summed E-state index contributed by atoms with van der Waals surface area (Å²) in [6.07, 6.45) is 4.60. The van der Waals surface area contributed by atoms with E-state index in [4.69, 9.17) is 0 Å². The van der Waals surface area contributed by atoms with E-state index in [0.717, 1.165) is 49.7 Å². The average molecular weight is 355 g/mol. The molecule has 2 aromatic heterocycles. The number of hydrogen-bond donors (Lipinski definition) is 1. The zero-order valence-corrected chi connectivity index (χ0v) is 16.0. The fraction of sp³-hybridized carbons (Fsp3) is 0.550. The third-order valence-electron chi connectivity index (χ3n) is 5.37. The lowest BCUT2D eigenvalue weighted by Gasteiger charge is -2.33. The number of anilines is 1. The van der Waals surface area contributed by atoms with Crippen molar-refractivity contribution >= 4 is 11.7 Å². The Kier molecular flexibility index (Phi) is 5.91. The summed E-state index contributed by atoms with van der Waals surface area (Å²) in [6, 6.07) is 6.02. The van der Waals surface area contributed by atoms with Crippen molar-refractivity contribution in [2.24, 2.45) is 5.92 Å². The fourth-order valence-electron chi connectivity index (χ4n) is 3.54. The molecule has 0 aromatic carbocycles. The Hall–Kier alpha value is -2.37. The lowest BCUT2D eigenvalue weighted by Crippen LogP contribution is -2.41. The molecule has 0 aliphatic carbocycles. The van der Waals surface area contributed by atoms with E-state index >= 15 is 0 Å². The fourth-order valence-corrected chi connectivity index (χ4v) is 3.54. The largest absolute Gasteiger partial charge is 0.356 e. The Morgan fingerprint density at radius 3 is 2.85 bits per heavy atom. The predicted molar refractivity (Wildman–Crippen MR) is 103 cm³/mol. The van der Waals surface area contributed by atoms with E-state index in [9.17, 15) is 4.79 Å². The summed E-state index contributed by atoms with van der Waals surface area (Å²) in [7, 11) is 0. The normalized spacial score (nSPS) is 17.3. The third-order valence-corrected chi connectivity index (χ3v) is 5.37. The minimum atomic E-state index is 0.102. The molecule has 6 heteroatoms. The zero-order chi connectivity index (χ0) is 18.5. The van der Waals surface area contributed by atoms with Crippen LogP contribution in [0, 0.1) is 26.7 Å². The van der Waals surface area contributed by atoms with Crippen LogP contribution in [0.5, 0.6) is 0 Å². The van der Waals surface area contributed by atoms with Gasteiger partial charge in [-0.25, -0.2) is 4.98 Å². The number of carbonyl (C=O) groups is 1. The SMILES string of the molecule is Cc1nn(CCC(=O)NC[C@@H]2CCCN(c3ccccn3)C2)c(C)c1C. The Morgan fingerprint density at radius 2 is 2.15 bits per heavy atom. The van der Waals surface area contributed by atoms with Gasteiger partial charge in [0, 0.05) is 44.5 Å². The van der Waals surface area contributed by atoms with Crippen LogP contribution in [-0.4, -0.2) is 40.3 Å². The second-order valence-corrected chi connectivity index (χ2v) is 7.22. The van der Waals surface area contributed by atoms with Gasteiger partial charge in [-0.05, 0) is 57.2 Å². The van der Waals surface area contributed by atoms with Crippen molar-refractivity contribution in [1.29, 1.82) is 0 Å². The highest BCUT2D eigenvalue weighted by atomic mass is 16.1. The molecule has 1 aliphatic rings. The first-order valence-electron chi connectivity index (χ1n) is 9.48. The Morgan fingerprint density at radius 1 is 1.31 bits per heavy atom. The Bertz CT molecular complexity index is 740. The summed E-state index contributed by atoms with van der Waals surface area (Å²) in [5.74, 6) is 1.61. The van der Waals surface area contributed by atoms with Crippen LogP contribution in [-0.2, 0) is 11.3 Å². The van der Waals surface area contributed by atoms with Gasteiger partial charge in [-0.2, -0.15) is 5.10 Å². The third kappa shape index (κ3) is 4.42. The van der Waals surface area contributed by atoms with Crippen LogP contribution >= 0.6 is 0 Å². The molecule has 1 atom stereocenters. The minimum Gasteiger partial charge on any atom is -0.356 e. The molecule has 3 heterocycles. The predicted octanol–water partition coefficient (Wildman–Crippen LogP) is 2.63. The first-order chi connectivity index (χ1) is 12.5. The van der Waals surface area contributed by atoms with Gasteiger partial charge in [0.1, 0.15) is 5.82 Å². The van der Waals surface area contributed by atoms with Crippen molar-refractivity contribution in [1.82, 2.24) is 20.1 Å². The quantitative estimate of drug-likeness (QED) is 0.865. The minimum absolute atomic E-state index is 0.102. The van der Waals surface area contributed by atoms with Crippen LogP contribution in [0.15, 0.2) is 24.4 Å². The summed E-state index contributed by atoms with van der Waals surface area (Å²) in [4.78, 5) is 19.0. The number of piperidine rings is 1. The van der Waals surface area contributed by atoms with Crippen LogP contribution in [0.2, 0.25) is 0 Å². The number of pyridine rings is 1. The average Bonchev–Trinajstić information content (AvgIpc) is 2.92. The maximum Gasteiger partial charge on any atom is 0.221 e. The molecule has 3 rings (SSSR count). The number of rotatable bonds is 6. The van der Waals surface area contributed by atoms with Gasteiger partial charge in [0.25, 0.3) is 0 Å². The van der Waals surface area contributed by atoms with Gasteiger partial charge in [-0.3, -0.25) is 9.48 Å². The van der Waals surface area contributed by atoms with Crippen LogP contribution < -0.4 is 10.2 Å². The van der Waals surface area contributed by atoms with Crippen molar-refractivity contribution in [2.75, 3.05) is 24.5 Å². The molecule has 1 aliphatic heterocycles. The van der Waals surface area contributed by atoms with E-state index in [1.54, 1.807) is 0 Å². The molecular weight excluding hydrogens is 326 g/mol. The maximum atomic E-state index is 12.2. The van der Waals surface area contributed by atoms with Gasteiger partial charge in [-0.1, -0.05) is 6.07 Å². The van der Waals surface area contributed by atoms with Gasteiger partial charge >= 0.3 is 0 Å². The molecule has 2 aromatic rings. The highest BCUT2D eigenvalue weighted by molar-refractivity contribution is 5.75. The molecular formula is C20H29N5O. The molecule has 26 heavy (non-hydrogen) atoms. The van der Waals surface area contributed by atoms with E-state index in [1.165, 1.54) is 5.56 Å². The summed E-state index contributed by atoms with van der Waals surface area (Å²) >= 11 is 0. The number of hydrogen-bond acceptors (Lipinski definition) is 4. The lowest BCUT2D eigenvalue weighted by molar-refractivity contribution is -0.121. The van der Waals surface area contributed by atoms with E-state index in [2.05, 4.69) is 40.2 Å². The highest BCUT2D eigenvalue weighted by Gasteiger charge is 2.21. The number of amides is 1. The number of aromatic nitrogens is 3. The van der Waals surface area contributed by atoms with Gasteiger partial charge < -0.3 is 10.2 Å². The van der Waals surface area contributed by atoms with Crippen LogP contribution in [0.3, 0.4) is 0 Å². The number of carbonyl (C=O) groups excluding carboxylic acids is 1. The van der Waals surface area contributed by atoms with E-state index in [1.807, 2.05) is 29.9 Å². The maximum absolute atomic E-state index is 12.2. The Balaban J connectivity index is 1.44. The second-order valence-electron chi connectivity index (χ2n) is 7.22. The van der Waals surface area contributed by atoms with Crippen LogP contribution in [0.25, 0.3) is 0 Å². The molecule has 1 saturated heterocycles. The van der Waals surface area contributed by atoms with Gasteiger partial charge in [0.2, 0.25) is 5.91 Å². The van der Waals surface area contributed by atoms with E-state index in [-0.39, 0.29) is 5.91 Å². The zero-order valence-electron chi connectivity index (χ0n) is 16.0. The Labute approximate surface area is 155 Å². The van der Waals surface area contributed by atoms with Crippen LogP contribution in [0.4, 0.5) is 5.82 Å². The molecule has 0 radical (unpaired) electrons. The number of nitrogens with zero attached hydrogens (tertiary/aromatic N) is 4. The number of aryl methyl sites for hydroxylation is 2. The van der Waals surface area contributed by atoms with E-state index in [0.29, 0.717) is 18.9 Å². The molecule has 0 spiro atoms. The van der Waals surface area contributed by atoms with Gasteiger partial charge in [0.15, 0.2) is 0 Å². The standard InChI is InChI=1S/C20H29N5O/c1-15-16(2)23-25(17(15)3)12-9-20(26)22-13-18-7-6-11-24(14-18)19-8-4-5-10-21-19/h4-5,8,10,18H,6-7,9,11-14H2,1-3H3,(H,22,26)/t18-/m0/s1. The molecule has 0 unspecified atom stereocenters. The summed E-state index contributed by atoms with van der Waals surface area (Å²) in [5, 5.41) is 7.61. The second kappa shape index (κ2) is 8.34. The van der Waals surface area contributed by atoms with Gasteiger partial charge in [-0.15, -0.1) is 0 Å². The van der Waals surface area contributed by atoms with Crippen molar-refractivity contribution in [2.45, 2.75) is 46.6 Å². The number of nitrogens with one attached hydrogen (secondary N) is 1. The molecule has 6 nitrogen and oxygen atoms in total. The van der Waals surface area contributed by atoms with Crippen molar-refractivity contribution in [3.05, 3.63) is 41.3 Å². The summed E-state index contributed by atoms with van der Waals surface area (Å²) in [5.41, 5.74) is 3.40. The molecule has 1 fully saturated rings. The monoisotopic (exact) mass is 355 g/mol. The molecule has 1 N–H and O–H groups in total. The van der Waals surface area contributed by atoms with E-state index < -0.39 is 0 Å². The topological polar surface area (TPSA) is 63.1 Å². The van der Waals surface area contributed by atoms with Crippen molar-refractivity contribution in [3.63, 3.8) is 0 Å². The highest BCUT2D eigenvalue weighted by Crippen LogP contribution is 2.20. The lowest BCUT2D eigenvalue weighted by atomic mass is 9.98. The van der Waals surface area contributed by atoms with Gasteiger partial charge in [0.05, 0.1) is 5.69 Å². The molecule has 140 valence electrons. The van der Waals surface area contributed by atoms with Crippen molar-refractivity contribution < 1.29 is 4.79 Å². The molecule has 0 bridgehead atoms. The summed E-state index contributed by atoms with van der Waals surface area (Å²) in [6.45, 7) is 9.50. The first-order valence-corrected chi connectivity index (χ1v) is 9.48. The van der Waals surface area contributed by atoms with Crippen LogP contribution in [0.1, 0.15) is 36.2 Å². The first kappa shape index (κ1) is 18.4. The summed E-state index contributed by atoms with van der Waals surface area (Å²) < 4.78 is 1.94. The van der Waals surface area contributed by atoms with Crippen molar-refractivity contribution in [3.8, 4) is 0 Å². The smallest absolute Gasteiger partial charge is 0.221 e.